The van der Waals surface area contributed by atoms with Crippen LogP contribution in [0.1, 0.15) is 84.5 Å². The van der Waals surface area contributed by atoms with Crippen LogP contribution in [0.25, 0.3) is 0 Å². The summed E-state index contributed by atoms with van der Waals surface area (Å²) in [5, 5.41) is 0. The average Bonchev–Trinajstić information content (AvgIpc) is 2.30. The highest BCUT2D eigenvalue weighted by Gasteiger charge is 2.00. The molecule has 0 aliphatic heterocycles. The van der Waals surface area contributed by atoms with Gasteiger partial charge in [0.2, 0.25) is 0 Å². The summed E-state index contributed by atoms with van der Waals surface area (Å²) < 4.78 is 0. The lowest BCUT2D eigenvalue weighted by Gasteiger charge is -2.09. The van der Waals surface area contributed by atoms with Gasteiger partial charge in [-0.3, -0.25) is 0 Å². The van der Waals surface area contributed by atoms with Crippen molar-refractivity contribution in [2.24, 2.45) is 5.92 Å². The van der Waals surface area contributed by atoms with Gasteiger partial charge in [-0.25, -0.2) is 0 Å². The number of allylic oxidation sites excluding steroid dienone is 1. The second-order valence-electron chi connectivity index (χ2n) is 5.23. The molecule has 0 aromatic carbocycles. The number of unbranched alkanes of at least 4 members (excludes halogenated alkanes) is 7. The summed E-state index contributed by atoms with van der Waals surface area (Å²) in [6.07, 6.45) is 17.4. The van der Waals surface area contributed by atoms with Gasteiger partial charge in [0.05, 0.1) is 0 Å². The van der Waals surface area contributed by atoms with E-state index in [0.29, 0.717) is 0 Å². The lowest BCUT2D eigenvalue weighted by Crippen LogP contribution is -1.94. The van der Waals surface area contributed by atoms with E-state index in [1.807, 2.05) is 6.08 Å². The molecular weight excluding hydrogens is 192 g/mol. The van der Waals surface area contributed by atoms with E-state index < -0.39 is 0 Å². The fourth-order valence-corrected chi connectivity index (χ4v) is 2.19. The standard InChI is InChI=1S/C16H32/c1-4-6-8-9-10-11-12-13-15-16(3)14-7-5-2/h4,16H,1,5-15H2,2-3H3. The van der Waals surface area contributed by atoms with E-state index in [2.05, 4.69) is 20.4 Å². The second kappa shape index (κ2) is 12.8. The monoisotopic (exact) mass is 224 g/mol. The molecule has 0 bridgehead atoms. The van der Waals surface area contributed by atoms with Crippen LogP contribution in [0.2, 0.25) is 0 Å². The highest BCUT2D eigenvalue weighted by atomic mass is 14.1. The molecule has 0 radical (unpaired) electrons. The van der Waals surface area contributed by atoms with Crippen molar-refractivity contribution >= 4 is 0 Å². The summed E-state index contributed by atoms with van der Waals surface area (Å²) in [6.45, 7) is 8.46. The van der Waals surface area contributed by atoms with E-state index in [4.69, 9.17) is 0 Å². The Bertz CT molecular complexity index is 137. The molecule has 0 aromatic heterocycles. The van der Waals surface area contributed by atoms with E-state index >= 15 is 0 Å². The molecule has 96 valence electrons. The average molecular weight is 224 g/mol. The van der Waals surface area contributed by atoms with Crippen molar-refractivity contribution in [3.8, 4) is 0 Å². The smallest absolute Gasteiger partial charge is 0.0353 e. The minimum atomic E-state index is 0.959. The van der Waals surface area contributed by atoms with Crippen molar-refractivity contribution in [1.29, 1.82) is 0 Å². The molecule has 16 heavy (non-hydrogen) atoms. The van der Waals surface area contributed by atoms with Crippen LogP contribution < -0.4 is 0 Å². The zero-order chi connectivity index (χ0) is 12.1. The van der Waals surface area contributed by atoms with E-state index in [0.717, 1.165) is 5.92 Å². The summed E-state index contributed by atoms with van der Waals surface area (Å²) in [5.41, 5.74) is 0. The SMILES string of the molecule is C=CCCCCCCCCC(C)CCCC. The maximum Gasteiger partial charge on any atom is -0.0353 e. The maximum atomic E-state index is 3.75. The topological polar surface area (TPSA) is 0 Å². The normalized spacial score (nSPS) is 12.6. The molecule has 0 rings (SSSR count). The van der Waals surface area contributed by atoms with Gasteiger partial charge in [0.1, 0.15) is 0 Å². The van der Waals surface area contributed by atoms with Crippen LogP contribution in [0.15, 0.2) is 12.7 Å². The number of hydrogen-bond acceptors (Lipinski definition) is 0. The van der Waals surface area contributed by atoms with Gasteiger partial charge in [-0.05, 0) is 18.8 Å². The van der Waals surface area contributed by atoms with E-state index in [-0.39, 0.29) is 0 Å². The molecule has 0 aromatic rings. The lowest BCUT2D eigenvalue weighted by atomic mass is 9.97. The Morgan fingerprint density at radius 1 is 0.875 bits per heavy atom. The predicted octanol–water partition coefficient (Wildman–Crippen LogP) is 6.12. The van der Waals surface area contributed by atoms with Crippen LogP contribution in [0.4, 0.5) is 0 Å². The third-order valence-electron chi connectivity index (χ3n) is 3.41. The van der Waals surface area contributed by atoms with Gasteiger partial charge in [-0.1, -0.05) is 77.7 Å². The zero-order valence-electron chi connectivity index (χ0n) is 11.6. The predicted molar refractivity (Wildman–Crippen MR) is 75.8 cm³/mol. The van der Waals surface area contributed by atoms with Crippen LogP contribution in [0, 0.1) is 5.92 Å². The highest BCUT2D eigenvalue weighted by molar-refractivity contribution is 4.65. The van der Waals surface area contributed by atoms with Crippen molar-refractivity contribution < 1.29 is 0 Å². The summed E-state index contributed by atoms with van der Waals surface area (Å²) in [4.78, 5) is 0. The molecule has 0 amide bonds. The van der Waals surface area contributed by atoms with E-state index in [9.17, 15) is 0 Å². The summed E-state index contributed by atoms with van der Waals surface area (Å²) in [7, 11) is 0. The quantitative estimate of drug-likeness (QED) is 0.277. The zero-order valence-corrected chi connectivity index (χ0v) is 11.6. The first-order valence-electron chi connectivity index (χ1n) is 7.42. The maximum absolute atomic E-state index is 3.75. The van der Waals surface area contributed by atoms with Crippen LogP contribution in [-0.2, 0) is 0 Å². The molecule has 0 N–H and O–H groups in total. The van der Waals surface area contributed by atoms with Crippen molar-refractivity contribution in [3.05, 3.63) is 12.7 Å². The van der Waals surface area contributed by atoms with E-state index in [1.54, 1.807) is 0 Å². The highest BCUT2D eigenvalue weighted by Crippen LogP contribution is 2.16. The summed E-state index contributed by atoms with van der Waals surface area (Å²) in [5.74, 6) is 0.959. The van der Waals surface area contributed by atoms with Gasteiger partial charge in [0.15, 0.2) is 0 Å². The van der Waals surface area contributed by atoms with Gasteiger partial charge in [0, 0.05) is 0 Å². The molecule has 0 aliphatic rings. The lowest BCUT2D eigenvalue weighted by molar-refractivity contribution is 0.441. The molecule has 0 saturated heterocycles. The third-order valence-corrected chi connectivity index (χ3v) is 3.41. The minimum Gasteiger partial charge on any atom is -0.103 e. The second-order valence-corrected chi connectivity index (χ2v) is 5.23. The van der Waals surface area contributed by atoms with Gasteiger partial charge in [-0.2, -0.15) is 0 Å². The van der Waals surface area contributed by atoms with Crippen LogP contribution in [-0.4, -0.2) is 0 Å². The first-order chi connectivity index (χ1) is 7.81. The van der Waals surface area contributed by atoms with Gasteiger partial charge in [0.25, 0.3) is 0 Å². The molecule has 0 spiro atoms. The van der Waals surface area contributed by atoms with Crippen LogP contribution >= 0.6 is 0 Å². The van der Waals surface area contributed by atoms with Crippen LogP contribution in [0.3, 0.4) is 0 Å². The van der Waals surface area contributed by atoms with Crippen molar-refractivity contribution in [2.45, 2.75) is 84.5 Å². The van der Waals surface area contributed by atoms with Crippen LogP contribution in [0.5, 0.6) is 0 Å². The third kappa shape index (κ3) is 11.8. The molecule has 0 nitrogen and oxygen atoms in total. The Morgan fingerprint density at radius 3 is 2.06 bits per heavy atom. The molecule has 0 heterocycles. The Labute approximate surface area is 104 Å². The van der Waals surface area contributed by atoms with Gasteiger partial charge >= 0.3 is 0 Å². The largest absolute Gasteiger partial charge is 0.103 e. The Hall–Kier alpha value is -0.260. The molecule has 0 aliphatic carbocycles. The molecular formula is C16H32. The van der Waals surface area contributed by atoms with E-state index in [1.165, 1.54) is 70.6 Å². The van der Waals surface area contributed by atoms with Gasteiger partial charge in [-0.15, -0.1) is 6.58 Å². The fraction of sp³-hybridized carbons (Fsp3) is 0.875. The summed E-state index contributed by atoms with van der Waals surface area (Å²) in [6, 6.07) is 0. The fourth-order valence-electron chi connectivity index (χ4n) is 2.19. The summed E-state index contributed by atoms with van der Waals surface area (Å²) >= 11 is 0. The molecule has 0 fully saturated rings. The number of rotatable bonds is 12. The number of hydrogen-bond donors (Lipinski definition) is 0. The minimum absolute atomic E-state index is 0.959. The molecule has 0 heteroatoms. The van der Waals surface area contributed by atoms with Crippen molar-refractivity contribution in [2.75, 3.05) is 0 Å². The molecule has 1 atom stereocenters. The van der Waals surface area contributed by atoms with Crippen molar-refractivity contribution in [1.82, 2.24) is 0 Å². The Morgan fingerprint density at radius 2 is 1.44 bits per heavy atom. The van der Waals surface area contributed by atoms with Gasteiger partial charge < -0.3 is 0 Å². The first kappa shape index (κ1) is 15.7. The van der Waals surface area contributed by atoms with Crippen molar-refractivity contribution in [3.63, 3.8) is 0 Å². The Balaban J connectivity index is 3.05. The first-order valence-corrected chi connectivity index (χ1v) is 7.42. The Kier molecular flexibility index (Phi) is 12.6. The molecule has 1 unspecified atom stereocenters. The molecule has 0 saturated carbocycles.